The number of aryl methyl sites for hydroxylation is 1. The van der Waals surface area contributed by atoms with E-state index in [1.807, 2.05) is 17.9 Å². The Hall–Kier alpha value is -0.580. The summed E-state index contributed by atoms with van der Waals surface area (Å²) in [5.41, 5.74) is 1.33. The van der Waals surface area contributed by atoms with Crippen LogP contribution in [-0.4, -0.2) is 40.9 Å². The van der Waals surface area contributed by atoms with Crippen molar-refractivity contribution in [3.63, 3.8) is 0 Å². The molecule has 1 N–H and O–H groups in total. The van der Waals surface area contributed by atoms with E-state index in [4.69, 9.17) is 0 Å². The second kappa shape index (κ2) is 7.77. The summed E-state index contributed by atoms with van der Waals surface area (Å²) in [6.45, 7) is 7.97. The van der Waals surface area contributed by atoms with Crippen LogP contribution in [0.2, 0.25) is 0 Å². The van der Waals surface area contributed by atoms with Crippen LogP contribution < -0.4 is 5.32 Å². The van der Waals surface area contributed by atoms with Crippen LogP contribution in [0.25, 0.3) is 0 Å². The molecule has 1 fully saturated rings. The Morgan fingerprint density at radius 3 is 2.67 bits per heavy atom. The van der Waals surface area contributed by atoms with Gasteiger partial charge in [0, 0.05) is 25.4 Å². The fourth-order valence-electron chi connectivity index (χ4n) is 2.51. The molecule has 1 aliphatic rings. The molecule has 104 valence electrons. The SMILES string of the molecule is CCNCC1CCN(Cc2cnn(C)c2)CC1.Cl. The van der Waals surface area contributed by atoms with Crippen LogP contribution in [0.3, 0.4) is 0 Å². The fraction of sp³-hybridized carbons (Fsp3) is 0.769. The molecule has 0 saturated carbocycles. The van der Waals surface area contributed by atoms with Crippen LogP contribution in [0.1, 0.15) is 25.3 Å². The Labute approximate surface area is 116 Å². The van der Waals surface area contributed by atoms with E-state index in [1.165, 1.54) is 38.0 Å². The molecule has 0 atom stereocenters. The van der Waals surface area contributed by atoms with Gasteiger partial charge in [-0.2, -0.15) is 5.10 Å². The molecule has 1 aliphatic heterocycles. The van der Waals surface area contributed by atoms with E-state index in [0.29, 0.717) is 0 Å². The van der Waals surface area contributed by atoms with Gasteiger partial charge in [0.05, 0.1) is 6.20 Å². The summed E-state index contributed by atoms with van der Waals surface area (Å²) >= 11 is 0. The standard InChI is InChI=1S/C13H24N4.ClH/c1-3-14-8-12-4-6-17(7-5-12)11-13-9-15-16(2)10-13;/h9-10,12,14H,3-8,11H2,1-2H3;1H. The first-order valence-corrected chi connectivity index (χ1v) is 6.68. The van der Waals surface area contributed by atoms with Gasteiger partial charge in [-0.25, -0.2) is 0 Å². The smallest absolute Gasteiger partial charge is 0.0534 e. The van der Waals surface area contributed by atoms with Crippen LogP contribution in [0.15, 0.2) is 12.4 Å². The van der Waals surface area contributed by atoms with Crippen molar-refractivity contribution < 1.29 is 0 Å². The summed E-state index contributed by atoms with van der Waals surface area (Å²) in [4.78, 5) is 2.54. The van der Waals surface area contributed by atoms with Crippen LogP contribution >= 0.6 is 12.4 Å². The largest absolute Gasteiger partial charge is 0.317 e. The van der Waals surface area contributed by atoms with Crippen molar-refractivity contribution in [3.05, 3.63) is 18.0 Å². The van der Waals surface area contributed by atoms with Gasteiger partial charge in [0.15, 0.2) is 0 Å². The van der Waals surface area contributed by atoms with E-state index in [1.54, 1.807) is 0 Å². The number of hydrogen-bond donors (Lipinski definition) is 1. The molecule has 0 amide bonds. The molecule has 0 aromatic carbocycles. The normalized spacial score (nSPS) is 17.7. The number of rotatable bonds is 5. The van der Waals surface area contributed by atoms with Crippen LogP contribution in [-0.2, 0) is 13.6 Å². The maximum atomic E-state index is 4.22. The van der Waals surface area contributed by atoms with Crippen molar-refractivity contribution in [2.24, 2.45) is 13.0 Å². The fourth-order valence-corrected chi connectivity index (χ4v) is 2.51. The maximum Gasteiger partial charge on any atom is 0.0534 e. The third kappa shape index (κ3) is 4.59. The highest BCUT2D eigenvalue weighted by atomic mass is 35.5. The van der Waals surface area contributed by atoms with Gasteiger partial charge in [-0.05, 0) is 44.9 Å². The molecule has 4 nitrogen and oxygen atoms in total. The molecule has 1 aromatic heterocycles. The summed E-state index contributed by atoms with van der Waals surface area (Å²) in [5.74, 6) is 0.875. The molecule has 5 heteroatoms. The van der Waals surface area contributed by atoms with Gasteiger partial charge in [0.25, 0.3) is 0 Å². The van der Waals surface area contributed by atoms with Crippen molar-refractivity contribution in [1.82, 2.24) is 20.0 Å². The topological polar surface area (TPSA) is 33.1 Å². The van der Waals surface area contributed by atoms with E-state index in [0.717, 1.165) is 19.0 Å². The molecular weight excluding hydrogens is 248 g/mol. The van der Waals surface area contributed by atoms with Crippen LogP contribution in [0.5, 0.6) is 0 Å². The van der Waals surface area contributed by atoms with Crippen molar-refractivity contribution >= 4 is 12.4 Å². The van der Waals surface area contributed by atoms with Crippen molar-refractivity contribution in [1.29, 1.82) is 0 Å². The first-order chi connectivity index (χ1) is 8.28. The number of nitrogens with one attached hydrogen (secondary N) is 1. The second-order valence-corrected chi connectivity index (χ2v) is 5.05. The first kappa shape index (κ1) is 15.5. The predicted octanol–water partition coefficient (Wildman–Crippen LogP) is 1.66. The second-order valence-electron chi connectivity index (χ2n) is 5.05. The lowest BCUT2D eigenvalue weighted by atomic mass is 9.96. The van der Waals surface area contributed by atoms with Gasteiger partial charge in [0.1, 0.15) is 0 Å². The average Bonchev–Trinajstić information content (AvgIpc) is 2.74. The third-order valence-electron chi connectivity index (χ3n) is 3.55. The molecule has 0 radical (unpaired) electrons. The van der Waals surface area contributed by atoms with E-state index in [-0.39, 0.29) is 12.4 Å². The Morgan fingerprint density at radius 2 is 2.11 bits per heavy atom. The lowest BCUT2D eigenvalue weighted by Gasteiger charge is -2.31. The van der Waals surface area contributed by atoms with Crippen molar-refractivity contribution in [2.45, 2.75) is 26.3 Å². The van der Waals surface area contributed by atoms with E-state index >= 15 is 0 Å². The van der Waals surface area contributed by atoms with Crippen LogP contribution in [0, 0.1) is 5.92 Å². The molecule has 2 heterocycles. The molecular formula is C13H25ClN4. The molecule has 2 rings (SSSR count). The monoisotopic (exact) mass is 272 g/mol. The number of likely N-dealkylation sites (tertiary alicyclic amines) is 1. The highest BCUT2D eigenvalue weighted by molar-refractivity contribution is 5.85. The van der Waals surface area contributed by atoms with Gasteiger partial charge in [0.2, 0.25) is 0 Å². The zero-order chi connectivity index (χ0) is 12.1. The third-order valence-corrected chi connectivity index (χ3v) is 3.55. The molecule has 0 unspecified atom stereocenters. The van der Waals surface area contributed by atoms with Gasteiger partial charge in [-0.1, -0.05) is 6.92 Å². The van der Waals surface area contributed by atoms with Crippen molar-refractivity contribution in [3.8, 4) is 0 Å². The summed E-state index contributed by atoms with van der Waals surface area (Å²) in [7, 11) is 1.98. The number of aromatic nitrogens is 2. The lowest BCUT2D eigenvalue weighted by molar-refractivity contribution is 0.176. The Morgan fingerprint density at radius 1 is 1.39 bits per heavy atom. The van der Waals surface area contributed by atoms with Crippen molar-refractivity contribution in [2.75, 3.05) is 26.2 Å². The average molecular weight is 273 g/mol. The number of halogens is 1. The lowest BCUT2D eigenvalue weighted by Crippen LogP contribution is -2.36. The molecule has 0 aliphatic carbocycles. The predicted molar refractivity (Wildman–Crippen MR) is 77.0 cm³/mol. The van der Waals surface area contributed by atoms with Crippen LogP contribution in [0.4, 0.5) is 0 Å². The molecule has 18 heavy (non-hydrogen) atoms. The Balaban J connectivity index is 0.00000162. The molecule has 0 bridgehead atoms. The highest BCUT2D eigenvalue weighted by Gasteiger charge is 2.18. The summed E-state index contributed by atoms with van der Waals surface area (Å²) in [6, 6.07) is 0. The quantitative estimate of drug-likeness (QED) is 0.885. The molecule has 1 aromatic rings. The van der Waals surface area contributed by atoms with E-state index < -0.39 is 0 Å². The summed E-state index contributed by atoms with van der Waals surface area (Å²) in [6.07, 6.45) is 6.75. The zero-order valence-electron chi connectivity index (χ0n) is 11.4. The van der Waals surface area contributed by atoms with Gasteiger partial charge >= 0.3 is 0 Å². The Bertz CT molecular complexity index is 331. The minimum absolute atomic E-state index is 0. The zero-order valence-corrected chi connectivity index (χ0v) is 12.2. The minimum Gasteiger partial charge on any atom is -0.317 e. The summed E-state index contributed by atoms with van der Waals surface area (Å²) in [5, 5.41) is 7.67. The van der Waals surface area contributed by atoms with E-state index in [9.17, 15) is 0 Å². The van der Waals surface area contributed by atoms with Gasteiger partial charge in [-0.15, -0.1) is 12.4 Å². The maximum absolute atomic E-state index is 4.22. The Kier molecular flexibility index (Phi) is 6.68. The van der Waals surface area contributed by atoms with E-state index in [2.05, 4.69) is 28.4 Å². The number of nitrogens with zero attached hydrogens (tertiary/aromatic N) is 3. The number of hydrogen-bond acceptors (Lipinski definition) is 3. The molecule has 0 spiro atoms. The first-order valence-electron chi connectivity index (χ1n) is 6.68. The van der Waals surface area contributed by atoms with Gasteiger partial charge < -0.3 is 5.32 Å². The minimum atomic E-state index is 0. The number of piperidine rings is 1. The van der Waals surface area contributed by atoms with Gasteiger partial charge in [-0.3, -0.25) is 9.58 Å². The molecule has 1 saturated heterocycles. The highest BCUT2D eigenvalue weighted by Crippen LogP contribution is 2.18. The summed E-state index contributed by atoms with van der Waals surface area (Å²) < 4.78 is 1.88.